The van der Waals surface area contributed by atoms with E-state index < -0.39 is 23.0 Å². The maximum absolute atomic E-state index is 13.5. The second-order valence-electron chi connectivity index (χ2n) is 6.97. The molecule has 1 amide bonds. The number of rotatable bonds is 2. The number of benzene rings is 2. The monoisotopic (exact) mass is 390 g/mol. The van der Waals surface area contributed by atoms with Crippen LogP contribution in [0.25, 0.3) is 22.3 Å². The zero-order valence-electron chi connectivity index (χ0n) is 15.2. The van der Waals surface area contributed by atoms with Crippen molar-refractivity contribution in [2.75, 3.05) is 5.32 Å². The number of aryl methyl sites for hydroxylation is 1. The van der Waals surface area contributed by atoms with Crippen LogP contribution in [0.3, 0.4) is 0 Å². The molecule has 0 radical (unpaired) electrons. The predicted octanol–water partition coefficient (Wildman–Crippen LogP) is 2.44. The Bertz CT molecular complexity index is 1410. The van der Waals surface area contributed by atoms with E-state index in [0.29, 0.717) is 28.2 Å². The first kappa shape index (κ1) is 17.2. The Balaban J connectivity index is 1.91. The lowest BCUT2D eigenvalue weighted by Gasteiger charge is -2.11. The van der Waals surface area contributed by atoms with Crippen LogP contribution in [0.15, 0.2) is 58.1 Å². The fourth-order valence-electron chi connectivity index (χ4n) is 3.96. The van der Waals surface area contributed by atoms with E-state index in [-0.39, 0.29) is 11.3 Å². The fourth-order valence-corrected chi connectivity index (χ4v) is 3.96. The van der Waals surface area contributed by atoms with Gasteiger partial charge in [-0.3, -0.25) is 19.1 Å². The molecule has 4 aromatic rings. The normalized spacial score (nSPS) is 15.5. The van der Waals surface area contributed by atoms with Crippen LogP contribution in [-0.4, -0.2) is 20.4 Å². The zero-order valence-corrected chi connectivity index (χ0v) is 15.2. The molecule has 2 aromatic carbocycles. The van der Waals surface area contributed by atoms with Gasteiger partial charge < -0.3 is 10.3 Å². The molecular weight excluding hydrogens is 375 g/mol. The van der Waals surface area contributed by atoms with E-state index in [4.69, 9.17) is 0 Å². The number of aromatic nitrogens is 3. The Morgan fingerprint density at radius 2 is 1.69 bits per heavy atom. The number of H-pyrrole nitrogens is 2. The lowest BCUT2D eigenvalue weighted by atomic mass is 9.89. The summed E-state index contributed by atoms with van der Waals surface area (Å²) in [5.74, 6) is -1.43. The maximum atomic E-state index is 13.5. The Morgan fingerprint density at radius 1 is 0.966 bits per heavy atom. The minimum atomic E-state index is -0.751. The summed E-state index contributed by atoms with van der Waals surface area (Å²) in [7, 11) is 1.53. The molecule has 0 bridgehead atoms. The van der Waals surface area contributed by atoms with Crippen LogP contribution in [0.2, 0.25) is 0 Å². The summed E-state index contributed by atoms with van der Waals surface area (Å²) in [6.45, 7) is 0. The van der Waals surface area contributed by atoms with E-state index >= 15 is 0 Å². The largest absolute Gasteiger partial charge is 0.340 e. The molecule has 2 aromatic heterocycles. The molecule has 1 atom stereocenters. The number of hydrogen-bond donors (Lipinski definition) is 3. The number of carbonyl (C=O) groups excluding carboxylic acids is 1. The number of nitrogens with one attached hydrogen (secondary N) is 3. The van der Waals surface area contributed by atoms with Gasteiger partial charge in [-0.25, -0.2) is 9.18 Å². The molecule has 3 heterocycles. The summed E-state index contributed by atoms with van der Waals surface area (Å²) in [6.07, 6.45) is 0. The van der Waals surface area contributed by atoms with Crippen LogP contribution in [0.4, 0.5) is 10.1 Å². The molecule has 144 valence electrons. The van der Waals surface area contributed by atoms with Crippen LogP contribution in [0, 0.1) is 5.82 Å². The van der Waals surface area contributed by atoms with Crippen molar-refractivity contribution in [1.29, 1.82) is 0 Å². The van der Waals surface area contributed by atoms with Crippen molar-refractivity contribution in [2.24, 2.45) is 7.05 Å². The summed E-state index contributed by atoms with van der Waals surface area (Å²) in [4.78, 5) is 43.2. The van der Waals surface area contributed by atoms with Crippen LogP contribution < -0.4 is 16.6 Å². The SMILES string of the molecule is Cn1c(=O)[nH]c(=O)c2c(C3C(=O)Nc4ccccc43)c(-c3ccc(F)cc3)[nH]c21. The van der Waals surface area contributed by atoms with Gasteiger partial charge >= 0.3 is 5.69 Å². The first-order valence-electron chi connectivity index (χ1n) is 8.96. The van der Waals surface area contributed by atoms with E-state index in [0.717, 1.165) is 5.56 Å². The van der Waals surface area contributed by atoms with Gasteiger partial charge in [0.25, 0.3) is 5.56 Å². The first-order valence-corrected chi connectivity index (χ1v) is 8.96. The standard InChI is InChI=1S/C21H15FN4O3/c1-26-18-16(20(28)25-21(26)29)15(17(24-18)10-6-8-11(22)9-7-10)14-12-4-2-3-5-13(12)23-19(14)27/h2-9,14,24H,1H3,(H,23,27)(H,25,28,29). The number of nitrogens with zero attached hydrogens (tertiary/aromatic N) is 1. The summed E-state index contributed by atoms with van der Waals surface area (Å²) in [6, 6.07) is 13.0. The number of fused-ring (bicyclic) bond motifs is 2. The molecule has 7 nitrogen and oxygen atoms in total. The van der Waals surface area contributed by atoms with Crippen molar-refractivity contribution >= 4 is 22.6 Å². The molecular formula is C21H15FN4O3. The van der Waals surface area contributed by atoms with Crippen molar-refractivity contribution < 1.29 is 9.18 Å². The van der Waals surface area contributed by atoms with Gasteiger partial charge in [0, 0.05) is 18.3 Å². The van der Waals surface area contributed by atoms with E-state index in [1.54, 1.807) is 18.2 Å². The van der Waals surface area contributed by atoms with Gasteiger partial charge in [0.1, 0.15) is 11.5 Å². The highest BCUT2D eigenvalue weighted by molar-refractivity contribution is 6.08. The molecule has 0 spiro atoms. The second-order valence-corrected chi connectivity index (χ2v) is 6.97. The molecule has 0 aliphatic carbocycles. The lowest BCUT2D eigenvalue weighted by molar-refractivity contribution is -0.116. The Kier molecular flexibility index (Phi) is 3.57. The van der Waals surface area contributed by atoms with Gasteiger partial charge in [-0.2, -0.15) is 0 Å². The molecule has 1 aliphatic rings. The van der Waals surface area contributed by atoms with Crippen molar-refractivity contribution in [3.63, 3.8) is 0 Å². The van der Waals surface area contributed by atoms with Gasteiger partial charge in [-0.15, -0.1) is 0 Å². The molecule has 1 aliphatic heterocycles. The number of aromatic amines is 2. The molecule has 3 N–H and O–H groups in total. The minimum Gasteiger partial charge on any atom is -0.340 e. The molecule has 0 saturated heterocycles. The van der Waals surface area contributed by atoms with Gasteiger partial charge in [0.15, 0.2) is 0 Å². The average molecular weight is 390 g/mol. The van der Waals surface area contributed by atoms with Gasteiger partial charge in [0.2, 0.25) is 5.91 Å². The van der Waals surface area contributed by atoms with Crippen molar-refractivity contribution in [1.82, 2.24) is 14.5 Å². The number of carbonyl (C=O) groups is 1. The zero-order chi connectivity index (χ0) is 20.3. The molecule has 8 heteroatoms. The van der Waals surface area contributed by atoms with Gasteiger partial charge in [-0.1, -0.05) is 18.2 Å². The highest BCUT2D eigenvalue weighted by atomic mass is 19.1. The van der Waals surface area contributed by atoms with Crippen LogP contribution in [0.1, 0.15) is 17.0 Å². The van der Waals surface area contributed by atoms with Gasteiger partial charge in [0.05, 0.1) is 17.0 Å². The van der Waals surface area contributed by atoms with E-state index in [1.807, 2.05) is 18.2 Å². The quantitative estimate of drug-likeness (QED) is 0.490. The fraction of sp³-hybridized carbons (Fsp3) is 0.0952. The van der Waals surface area contributed by atoms with Crippen molar-refractivity contribution in [3.8, 4) is 11.3 Å². The van der Waals surface area contributed by atoms with E-state index in [1.165, 1.54) is 23.7 Å². The predicted molar refractivity (Wildman–Crippen MR) is 106 cm³/mol. The minimum absolute atomic E-state index is 0.225. The third-order valence-electron chi connectivity index (χ3n) is 5.32. The third-order valence-corrected chi connectivity index (χ3v) is 5.32. The Hall–Kier alpha value is -3.94. The topological polar surface area (TPSA) is 99.8 Å². The first-order chi connectivity index (χ1) is 14.0. The number of anilines is 1. The Labute approximate surface area is 162 Å². The summed E-state index contributed by atoms with van der Waals surface area (Å²) >= 11 is 0. The highest BCUT2D eigenvalue weighted by Crippen LogP contribution is 2.43. The average Bonchev–Trinajstić information content (AvgIpc) is 3.24. The van der Waals surface area contributed by atoms with Crippen LogP contribution in [0.5, 0.6) is 0 Å². The van der Waals surface area contributed by atoms with Crippen LogP contribution >= 0.6 is 0 Å². The summed E-state index contributed by atoms with van der Waals surface area (Å²) in [5.41, 5.74) is 2.08. The molecule has 0 saturated carbocycles. The molecule has 1 unspecified atom stereocenters. The highest BCUT2D eigenvalue weighted by Gasteiger charge is 2.37. The van der Waals surface area contributed by atoms with E-state index in [2.05, 4.69) is 15.3 Å². The van der Waals surface area contributed by atoms with Crippen molar-refractivity contribution in [2.45, 2.75) is 5.92 Å². The van der Waals surface area contributed by atoms with Crippen LogP contribution in [-0.2, 0) is 11.8 Å². The molecule has 5 rings (SSSR count). The smallest absolute Gasteiger partial charge is 0.329 e. The number of halogens is 1. The third kappa shape index (κ3) is 2.46. The maximum Gasteiger partial charge on any atom is 0.329 e. The number of amides is 1. The molecule has 0 fully saturated rings. The van der Waals surface area contributed by atoms with Gasteiger partial charge in [-0.05, 0) is 41.5 Å². The number of para-hydroxylation sites is 1. The summed E-state index contributed by atoms with van der Waals surface area (Å²) in [5, 5.41) is 3.07. The molecule has 29 heavy (non-hydrogen) atoms. The second kappa shape index (κ2) is 6.03. The van der Waals surface area contributed by atoms with E-state index in [9.17, 15) is 18.8 Å². The van der Waals surface area contributed by atoms with Crippen molar-refractivity contribution in [3.05, 3.63) is 86.3 Å². The lowest BCUT2D eigenvalue weighted by Crippen LogP contribution is -2.28. The number of hydrogen-bond acceptors (Lipinski definition) is 3. The Morgan fingerprint density at radius 3 is 2.45 bits per heavy atom. The summed E-state index contributed by atoms with van der Waals surface area (Å²) < 4.78 is 14.8.